The highest BCUT2D eigenvalue weighted by molar-refractivity contribution is 5.58. The first-order valence-electron chi connectivity index (χ1n) is 5.51. The Morgan fingerprint density at radius 3 is 2.53 bits per heavy atom. The second kappa shape index (κ2) is 4.53. The molecule has 1 aliphatic heterocycles. The summed E-state index contributed by atoms with van der Waals surface area (Å²) in [5.74, 6) is 0. The van der Waals surface area contributed by atoms with Gasteiger partial charge in [-0.3, -0.25) is 0 Å². The summed E-state index contributed by atoms with van der Waals surface area (Å²) in [6, 6.07) is 8.61. The quantitative estimate of drug-likeness (QED) is 0.789. The van der Waals surface area contributed by atoms with Crippen molar-refractivity contribution in [1.82, 2.24) is 4.90 Å². The summed E-state index contributed by atoms with van der Waals surface area (Å²) in [7, 11) is 4.14. The zero-order valence-electron chi connectivity index (χ0n) is 9.53. The van der Waals surface area contributed by atoms with Crippen LogP contribution in [0.2, 0.25) is 0 Å². The predicted molar refractivity (Wildman–Crippen MR) is 65.7 cm³/mol. The topological polar surface area (TPSA) is 18.5 Å². The van der Waals surface area contributed by atoms with Crippen molar-refractivity contribution in [2.75, 3.05) is 50.5 Å². The van der Waals surface area contributed by atoms with E-state index < -0.39 is 0 Å². The van der Waals surface area contributed by atoms with Crippen molar-refractivity contribution in [1.29, 1.82) is 0 Å². The van der Waals surface area contributed by atoms with E-state index in [1.807, 2.05) is 7.05 Å². The number of hydrogen-bond acceptors (Lipinski definition) is 3. The molecule has 0 saturated carbocycles. The lowest BCUT2D eigenvalue weighted by atomic mass is 10.2. The molecule has 1 aromatic rings. The summed E-state index contributed by atoms with van der Waals surface area (Å²) >= 11 is 0. The molecule has 0 aliphatic carbocycles. The van der Waals surface area contributed by atoms with Gasteiger partial charge in [0.15, 0.2) is 0 Å². The fourth-order valence-corrected chi connectivity index (χ4v) is 1.92. The van der Waals surface area contributed by atoms with Crippen LogP contribution in [0.25, 0.3) is 0 Å². The Bertz CT molecular complexity index is 316. The third-order valence-corrected chi connectivity index (χ3v) is 3.00. The number of nitrogens with one attached hydrogen (secondary N) is 1. The van der Waals surface area contributed by atoms with E-state index in [1.54, 1.807) is 0 Å². The molecule has 1 aliphatic rings. The van der Waals surface area contributed by atoms with E-state index in [4.69, 9.17) is 0 Å². The number of likely N-dealkylation sites (N-methyl/N-ethyl adjacent to an activating group) is 1. The van der Waals surface area contributed by atoms with Gasteiger partial charge in [-0.1, -0.05) is 6.07 Å². The minimum Gasteiger partial charge on any atom is -0.388 e. The molecular formula is C12H19N3. The van der Waals surface area contributed by atoms with Crippen LogP contribution in [0.4, 0.5) is 11.4 Å². The molecule has 2 rings (SSSR count). The summed E-state index contributed by atoms with van der Waals surface area (Å²) in [5.41, 5.74) is 2.52. The fourth-order valence-electron chi connectivity index (χ4n) is 1.92. The lowest BCUT2D eigenvalue weighted by Crippen LogP contribution is -2.44. The van der Waals surface area contributed by atoms with Crippen LogP contribution >= 0.6 is 0 Å². The maximum Gasteiger partial charge on any atom is 0.0387 e. The summed E-state index contributed by atoms with van der Waals surface area (Å²) < 4.78 is 0. The van der Waals surface area contributed by atoms with Crippen LogP contribution < -0.4 is 10.2 Å². The molecule has 3 heteroatoms. The molecule has 1 heterocycles. The van der Waals surface area contributed by atoms with Gasteiger partial charge in [0.1, 0.15) is 0 Å². The number of benzene rings is 1. The van der Waals surface area contributed by atoms with Gasteiger partial charge in [-0.05, 0) is 25.2 Å². The lowest BCUT2D eigenvalue weighted by molar-refractivity contribution is 0.313. The molecule has 1 N–H and O–H groups in total. The van der Waals surface area contributed by atoms with E-state index in [0.717, 1.165) is 26.2 Å². The van der Waals surface area contributed by atoms with Crippen LogP contribution in [0.3, 0.4) is 0 Å². The van der Waals surface area contributed by atoms with E-state index in [1.165, 1.54) is 11.4 Å². The number of anilines is 2. The smallest absolute Gasteiger partial charge is 0.0387 e. The Hall–Kier alpha value is -1.22. The monoisotopic (exact) mass is 205 g/mol. The second-order valence-electron chi connectivity index (χ2n) is 4.09. The van der Waals surface area contributed by atoms with E-state index in [0.29, 0.717) is 0 Å². The summed E-state index contributed by atoms with van der Waals surface area (Å²) in [4.78, 5) is 4.82. The lowest BCUT2D eigenvalue weighted by Gasteiger charge is -2.34. The number of hydrogen-bond donors (Lipinski definition) is 1. The Kier molecular flexibility index (Phi) is 3.11. The molecule has 82 valence electrons. The molecular weight excluding hydrogens is 186 g/mol. The Balaban J connectivity index is 2.08. The van der Waals surface area contributed by atoms with Gasteiger partial charge in [0, 0.05) is 44.6 Å². The fraction of sp³-hybridized carbons (Fsp3) is 0.500. The van der Waals surface area contributed by atoms with Crippen molar-refractivity contribution in [3.8, 4) is 0 Å². The summed E-state index contributed by atoms with van der Waals surface area (Å²) in [6.45, 7) is 4.57. The molecule has 1 fully saturated rings. The Labute approximate surface area is 91.7 Å². The highest BCUT2D eigenvalue weighted by Gasteiger charge is 2.13. The van der Waals surface area contributed by atoms with Crippen LogP contribution in [-0.2, 0) is 0 Å². The van der Waals surface area contributed by atoms with Crippen LogP contribution in [0.5, 0.6) is 0 Å². The van der Waals surface area contributed by atoms with E-state index >= 15 is 0 Å². The molecule has 0 atom stereocenters. The molecule has 3 nitrogen and oxygen atoms in total. The van der Waals surface area contributed by atoms with Gasteiger partial charge in [-0.2, -0.15) is 0 Å². The van der Waals surface area contributed by atoms with Crippen molar-refractivity contribution < 1.29 is 0 Å². The normalized spacial score (nSPS) is 17.9. The molecule has 1 saturated heterocycles. The average molecular weight is 205 g/mol. The van der Waals surface area contributed by atoms with Gasteiger partial charge < -0.3 is 15.1 Å². The summed E-state index contributed by atoms with van der Waals surface area (Å²) in [5, 5.41) is 3.18. The largest absolute Gasteiger partial charge is 0.388 e. The molecule has 0 unspecified atom stereocenters. The van der Waals surface area contributed by atoms with Crippen LogP contribution in [-0.4, -0.2) is 45.2 Å². The molecule has 0 spiro atoms. The first-order chi connectivity index (χ1) is 7.29. The summed E-state index contributed by atoms with van der Waals surface area (Å²) in [6.07, 6.45) is 0. The molecule has 15 heavy (non-hydrogen) atoms. The molecule has 0 amide bonds. The van der Waals surface area contributed by atoms with Gasteiger partial charge in [-0.15, -0.1) is 0 Å². The zero-order chi connectivity index (χ0) is 10.7. The second-order valence-corrected chi connectivity index (χ2v) is 4.09. The average Bonchev–Trinajstić information content (AvgIpc) is 2.30. The van der Waals surface area contributed by atoms with Gasteiger partial charge >= 0.3 is 0 Å². The van der Waals surface area contributed by atoms with E-state index in [2.05, 4.69) is 46.4 Å². The van der Waals surface area contributed by atoms with Crippen molar-refractivity contribution in [3.05, 3.63) is 24.3 Å². The van der Waals surface area contributed by atoms with Crippen molar-refractivity contribution >= 4 is 11.4 Å². The standard InChI is InChI=1S/C12H19N3/c1-13-11-4-3-5-12(10-11)15-8-6-14(2)7-9-15/h3-5,10,13H,6-9H2,1-2H3. The van der Waals surface area contributed by atoms with Crippen molar-refractivity contribution in [2.45, 2.75) is 0 Å². The highest BCUT2D eigenvalue weighted by Crippen LogP contribution is 2.20. The minimum absolute atomic E-state index is 1.13. The predicted octanol–water partition coefficient (Wildman–Crippen LogP) is 1.48. The molecule has 1 aromatic carbocycles. The molecule has 0 bridgehead atoms. The highest BCUT2D eigenvalue weighted by atomic mass is 15.2. The van der Waals surface area contributed by atoms with E-state index in [9.17, 15) is 0 Å². The van der Waals surface area contributed by atoms with Crippen LogP contribution in [0.1, 0.15) is 0 Å². The maximum atomic E-state index is 3.18. The third-order valence-electron chi connectivity index (χ3n) is 3.00. The van der Waals surface area contributed by atoms with Crippen molar-refractivity contribution in [2.24, 2.45) is 0 Å². The van der Waals surface area contributed by atoms with Crippen molar-refractivity contribution in [3.63, 3.8) is 0 Å². The first kappa shape index (κ1) is 10.3. The number of piperazine rings is 1. The Morgan fingerprint density at radius 2 is 1.87 bits per heavy atom. The minimum atomic E-state index is 1.13. The van der Waals surface area contributed by atoms with Gasteiger partial charge in [0.2, 0.25) is 0 Å². The third kappa shape index (κ3) is 2.42. The molecule has 0 radical (unpaired) electrons. The number of nitrogens with zero attached hydrogens (tertiary/aromatic N) is 2. The zero-order valence-corrected chi connectivity index (χ0v) is 9.53. The van der Waals surface area contributed by atoms with Gasteiger partial charge in [0.25, 0.3) is 0 Å². The maximum absolute atomic E-state index is 3.18. The molecule has 0 aromatic heterocycles. The Morgan fingerprint density at radius 1 is 1.13 bits per heavy atom. The van der Waals surface area contributed by atoms with Gasteiger partial charge in [-0.25, -0.2) is 0 Å². The SMILES string of the molecule is CNc1cccc(N2CCN(C)CC2)c1. The van der Waals surface area contributed by atoms with Gasteiger partial charge in [0.05, 0.1) is 0 Å². The first-order valence-corrected chi connectivity index (χ1v) is 5.51. The van der Waals surface area contributed by atoms with Crippen LogP contribution in [0, 0.1) is 0 Å². The number of rotatable bonds is 2. The van der Waals surface area contributed by atoms with Crippen LogP contribution in [0.15, 0.2) is 24.3 Å². The van der Waals surface area contributed by atoms with E-state index in [-0.39, 0.29) is 0 Å².